The van der Waals surface area contributed by atoms with Crippen molar-refractivity contribution < 1.29 is 13.5 Å². The van der Waals surface area contributed by atoms with Crippen molar-refractivity contribution >= 4 is 22.5 Å². The topological polar surface area (TPSA) is 50.3 Å². The third kappa shape index (κ3) is 5.26. The summed E-state index contributed by atoms with van der Waals surface area (Å²) in [5.74, 6) is -1.22. The molecular weight excluding hydrogens is 472 g/mol. The fourth-order valence-corrected chi connectivity index (χ4v) is 4.80. The zero-order chi connectivity index (χ0) is 24.4. The summed E-state index contributed by atoms with van der Waals surface area (Å²) in [4.78, 5) is 18.7. The van der Waals surface area contributed by atoms with Crippen LogP contribution in [0.15, 0.2) is 59.7 Å². The number of hydrogen-bond acceptors (Lipinski definition) is 3. The predicted octanol–water partition coefficient (Wildman–Crippen LogP) is 5.87. The molecule has 1 fully saturated rings. The van der Waals surface area contributed by atoms with Gasteiger partial charge in [-0.25, -0.2) is 8.78 Å². The van der Waals surface area contributed by atoms with Gasteiger partial charge in [-0.05, 0) is 67.4 Å². The molecule has 1 aliphatic rings. The van der Waals surface area contributed by atoms with Gasteiger partial charge in [0, 0.05) is 41.5 Å². The van der Waals surface area contributed by atoms with Crippen LogP contribution in [0.1, 0.15) is 36.0 Å². The Balaban J connectivity index is 1.32. The van der Waals surface area contributed by atoms with Crippen LogP contribution >= 0.6 is 11.6 Å². The number of likely N-dealkylation sites (tertiary alicyclic amines) is 1. The van der Waals surface area contributed by atoms with E-state index in [1.807, 2.05) is 12.1 Å². The van der Waals surface area contributed by atoms with Gasteiger partial charge in [0.1, 0.15) is 29.0 Å². The number of aromatic amines is 1. The largest absolute Gasteiger partial charge is 0.487 e. The quantitative estimate of drug-likeness (QED) is 0.347. The molecule has 0 bridgehead atoms. The van der Waals surface area contributed by atoms with Gasteiger partial charge in [-0.1, -0.05) is 24.1 Å². The van der Waals surface area contributed by atoms with E-state index in [0.717, 1.165) is 48.2 Å². The number of fused-ring (bicyclic) bond motifs is 1. The molecule has 5 rings (SSSR count). The third-order valence-corrected chi connectivity index (χ3v) is 6.84. The standard InChI is InChI=1S/C27H26ClF2N3O2/c28-26-25(35-17-19-5-6-21(29)13-23(19)30)8-11-33(27(26)34)15-18-4-7-24-22(12-18)20(14-31-24)16-32-9-2-1-3-10-32/h4-8,11-14,31H,1-3,9-10,15-17H2. The van der Waals surface area contributed by atoms with Crippen LogP contribution in [0.25, 0.3) is 10.9 Å². The Hall–Kier alpha value is -3.16. The van der Waals surface area contributed by atoms with Gasteiger partial charge in [0.2, 0.25) is 0 Å². The van der Waals surface area contributed by atoms with Crippen molar-refractivity contribution in [3.8, 4) is 5.75 Å². The number of aromatic nitrogens is 2. The number of halogens is 3. The Morgan fingerprint density at radius 3 is 2.60 bits per heavy atom. The third-order valence-electron chi connectivity index (χ3n) is 6.50. The van der Waals surface area contributed by atoms with Crippen molar-refractivity contribution in [2.24, 2.45) is 0 Å². The minimum absolute atomic E-state index is 0.0801. The molecule has 0 aliphatic carbocycles. The van der Waals surface area contributed by atoms with Crippen molar-refractivity contribution in [2.45, 2.75) is 39.0 Å². The van der Waals surface area contributed by atoms with Gasteiger partial charge in [0.05, 0.1) is 6.54 Å². The Morgan fingerprint density at radius 2 is 1.80 bits per heavy atom. The first-order chi connectivity index (χ1) is 17.0. The molecule has 5 nitrogen and oxygen atoms in total. The molecule has 2 aromatic heterocycles. The van der Waals surface area contributed by atoms with E-state index in [1.54, 1.807) is 12.3 Å². The van der Waals surface area contributed by atoms with E-state index in [1.165, 1.54) is 35.5 Å². The molecule has 2 aromatic carbocycles. The first-order valence-electron chi connectivity index (χ1n) is 11.7. The Bertz CT molecular complexity index is 1410. The second-order valence-corrected chi connectivity index (χ2v) is 9.36. The summed E-state index contributed by atoms with van der Waals surface area (Å²) in [6, 6.07) is 11.0. The number of piperidine rings is 1. The van der Waals surface area contributed by atoms with Gasteiger partial charge in [0.15, 0.2) is 0 Å². The Labute approximate surface area is 206 Å². The molecule has 35 heavy (non-hydrogen) atoms. The van der Waals surface area contributed by atoms with E-state index in [9.17, 15) is 13.6 Å². The summed E-state index contributed by atoms with van der Waals surface area (Å²) in [5.41, 5.74) is 3.09. The summed E-state index contributed by atoms with van der Waals surface area (Å²) in [5, 5.41) is 1.08. The number of H-pyrrole nitrogens is 1. The lowest BCUT2D eigenvalue weighted by atomic mass is 10.1. The van der Waals surface area contributed by atoms with Crippen molar-refractivity contribution in [1.29, 1.82) is 0 Å². The van der Waals surface area contributed by atoms with Crippen LogP contribution in [0.2, 0.25) is 5.02 Å². The molecule has 0 saturated carbocycles. The van der Waals surface area contributed by atoms with E-state index in [-0.39, 0.29) is 22.9 Å². The smallest absolute Gasteiger partial charge is 0.273 e. The average molecular weight is 498 g/mol. The van der Waals surface area contributed by atoms with Gasteiger partial charge in [-0.3, -0.25) is 9.69 Å². The van der Waals surface area contributed by atoms with Crippen LogP contribution in [0, 0.1) is 11.6 Å². The minimum atomic E-state index is -0.714. The Morgan fingerprint density at radius 1 is 0.971 bits per heavy atom. The van der Waals surface area contributed by atoms with E-state index in [2.05, 4.69) is 22.1 Å². The molecule has 0 atom stereocenters. The van der Waals surface area contributed by atoms with Crippen LogP contribution in [0.4, 0.5) is 8.78 Å². The lowest BCUT2D eigenvalue weighted by Gasteiger charge is -2.26. The summed E-state index contributed by atoms with van der Waals surface area (Å²) >= 11 is 6.28. The van der Waals surface area contributed by atoms with Gasteiger partial charge in [-0.2, -0.15) is 0 Å². The van der Waals surface area contributed by atoms with Crippen LogP contribution in [0.3, 0.4) is 0 Å². The van der Waals surface area contributed by atoms with Crippen molar-refractivity contribution in [2.75, 3.05) is 13.1 Å². The highest BCUT2D eigenvalue weighted by atomic mass is 35.5. The first-order valence-corrected chi connectivity index (χ1v) is 12.1. The highest BCUT2D eigenvalue weighted by molar-refractivity contribution is 6.31. The number of pyridine rings is 1. The van der Waals surface area contributed by atoms with E-state index in [4.69, 9.17) is 16.3 Å². The Kier molecular flexibility index (Phi) is 6.88. The number of rotatable bonds is 7. The van der Waals surface area contributed by atoms with Crippen LogP contribution in [0.5, 0.6) is 5.75 Å². The van der Waals surface area contributed by atoms with Crippen LogP contribution in [-0.2, 0) is 19.7 Å². The monoisotopic (exact) mass is 497 g/mol. The highest BCUT2D eigenvalue weighted by Gasteiger charge is 2.15. The summed E-state index contributed by atoms with van der Waals surface area (Å²) < 4.78 is 34.0. The number of benzene rings is 2. The van der Waals surface area contributed by atoms with Crippen LogP contribution < -0.4 is 10.3 Å². The molecule has 4 aromatic rings. The average Bonchev–Trinajstić information content (AvgIpc) is 3.25. The number of hydrogen-bond donors (Lipinski definition) is 1. The molecular formula is C27H26ClF2N3O2. The summed E-state index contributed by atoms with van der Waals surface area (Å²) in [6.07, 6.45) is 7.48. The second-order valence-electron chi connectivity index (χ2n) is 8.98. The molecule has 0 radical (unpaired) electrons. The SMILES string of the molecule is O=c1c(Cl)c(OCc2ccc(F)cc2F)ccn1Cc1ccc2[nH]cc(CN3CCCCC3)c2c1. The fourth-order valence-electron chi connectivity index (χ4n) is 4.57. The van der Waals surface area contributed by atoms with Crippen molar-refractivity contribution in [3.05, 3.63) is 98.6 Å². The van der Waals surface area contributed by atoms with E-state index < -0.39 is 17.2 Å². The molecule has 1 saturated heterocycles. The van der Waals surface area contributed by atoms with Crippen LogP contribution in [-0.4, -0.2) is 27.5 Å². The van der Waals surface area contributed by atoms with E-state index >= 15 is 0 Å². The maximum absolute atomic E-state index is 13.9. The lowest BCUT2D eigenvalue weighted by molar-refractivity contribution is 0.221. The normalized spacial score (nSPS) is 14.5. The molecule has 3 heterocycles. The highest BCUT2D eigenvalue weighted by Crippen LogP contribution is 2.25. The van der Waals surface area contributed by atoms with Crippen molar-refractivity contribution in [1.82, 2.24) is 14.5 Å². The lowest BCUT2D eigenvalue weighted by Crippen LogP contribution is -2.28. The van der Waals surface area contributed by atoms with E-state index in [0.29, 0.717) is 6.54 Å². The van der Waals surface area contributed by atoms with Gasteiger partial charge >= 0.3 is 0 Å². The molecule has 0 spiro atoms. The second kappa shape index (κ2) is 10.2. The number of nitrogens with one attached hydrogen (secondary N) is 1. The molecule has 1 N–H and O–H groups in total. The van der Waals surface area contributed by atoms with Gasteiger partial charge in [0.25, 0.3) is 5.56 Å². The van der Waals surface area contributed by atoms with Gasteiger partial charge in [-0.15, -0.1) is 0 Å². The molecule has 182 valence electrons. The molecule has 8 heteroatoms. The maximum Gasteiger partial charge on any atom is 0.273 e. The fraction of sp³-hybridized carbons (Fsp3) is 0.296. The summed E-state index contributed by atoms with van der Waals surface area (Å²) in [6.45, 7) is 3.36. The number of ether oxygens (including phenoxy) is 1. The zero-order valence-electron chi connectivity index (χ0n) is 19.2. The molecule has 1 aliphatic heterocycles. The summed E-state index contributed by atoms with van der Waals surface area (Å²) in [7, 11) is 0. The predicted molar refractivity (Wildman–Crippen MR) is 133 cm³/mol. The first kappa shape index (κ1) is 23.6. The molecule has 0 unspecified atom stereocenters. The van der Waals surface area contributed by atoms with Gasteiger partial charge < -0.3 is 14.3 Å². The molecule has 0 amide bonds. The maximum atomic E-state index is 13.9. The van der Waals surface area contributed by atoms with Crippen molar-refractivity contribution in [3.63, 3.8) is 0 Å². The number of nitrogens with zero attached hydrogens (tertiary/aromatic N) is 2. The zero-order valence-corrected chi connectivity index (χ0v) is 20.0. The minimum Gasteiger partial charge on any atom is -0.487 e.